The summed E-state index contributed by atoms with van der Waals surface area (Å²) in [6, 6.07) is 5.91. The van der Waals surface area contributed by atoms with Crippen molar-refractivity contribution in [1.29, 1.82) is 0 Å². The average molecular weight is 264 g/mol. The quantitative estimate of drug-likeness (QED) is 0.807. The number of halogens is 1. The summed E-state index contributed by atoms with van der Waals surface area (Å²) in [7, 11) is 0. The van der Waals surface area contributed by atoms with Crippen LogP contribution in [0.2, 0.25) is 5.02 Å². The highest BCUT2D eigenvalue weighted by Gasteiger charge is 2.09. The second kappa shape index (κ2) is 5.57. The molecule has 0 saturated carbocycles. The minimum Gasteiger partial charge on any atom is -0.494 e. The second-order valence-electron chi connectivity index (χ2n) is 4.38. The molecule has 2 rings (SSSR count). The van der Waals surface area contributed by atoms with E-state index in [1.807, 2.05) is 25.1 Å². The molecule has 1 heterocycles. The SMILES string of the molecule is CCCOc1ccc2nc(CC)c(C)c(Cl)c2c1. The van der Waals surface area contributed by atoms with Crippen LogP contribution in [0.5, 0.6) is 5.75 Å². The number of hydrogen-bond acceptors (Lipinski definition) is 2. The van der Waals surface area contributed by atoms with Gasteiger partial charge in [0.1, 0.15) is 5.75 Å². The lowest BCUT2D eigenvalue weighted by Gasteiger charge is -2.10. The van der Waals surface area contributed by atoms with Crippen molar-refractivity contribution in [3.63, 3.8) is 0 Å². The Morgan fingerprint density at radius 3 is 2.72 bits per heavy atom. The standard InChI is InChI=1S/C15H18ClNO/c1-4-8-18-11-6-7-14-12(9-11)15(16)10(3)13(5-2)17-14/h6-7,9H,4-5,8H2,1-3H3. The molecule has 0 N–H and O–H groups in total. The Labute approximate surface area is 113 Å². The van der Waals surface area contributed by atoms with E-state index in [-0.39, 0.29) is 0 Å². The zero-order valence-corrected chi connectivity index (χ0v) is 11.8. The number of nitrogens with zero attached hydrogens (tertiary/aromatic N) is 1. The summed E-state index contributed by atoms with van der Waals surface area (Å²) >= 11 is 6.42. The van der Waals surface area contributed by atoms with Gasteiger partial charge in [0, 0.05) is 11.1 Å². The third-order valence-corrected chi connectivity index (χ3v) is 3.52. The molecule has 0 amide bonds. The molecule has 0 fully saturated rings. The van der Waals surface area contributed by atoms with E-state index in [1.54, 1.807) is 0 Å². The summed E-state index contributed by atoms with van der Waals surface area (Å²) < 4.78 is 5.63. The first kappa shape index (κ1) is 13.2. The van der Waals surface area contributed by atoms with Crippen molar-refractivity contribution in [3.05, 3.63) is 34.5 Å². The van der Waals surface area contributed by atoms with E-state index in [4.69, 9.17) is 16.3 Å². The van der Waals surface area contributed by atoms with Crippen LogP contribution in [-0.2, 0) is 6.42 Å². The molecule has 0 bridgehead atoms. The molecule has 2 nitrogen and oxygen atoms in total. The van der Waals surface area contributed by atoms with Crippen molar-refractivity contribution >= 4 is 22.5 Å². The van der Waals surface area contributed by atoms with E-state index in [9.17, 15) is 0 Å². The minimum absolute atomic E-state index is 0.725. The van der Waals surface area contributed by atoms with Gasteiger partial charge in [0.05, 0.1) is 17.1 Å². The van der Waals surface area contributed by atoms with Gasteiger partial charge >= 0.3 is 0 Å². The Morgan fingerprint density at radius 2 is 2.06 bits per heavy atom. The van der Waals surface area contributed by atoms with Crippen LogP contribution in [0.1, 0.15) is 31.5 Å². The third-order valence-electron chi connectivity index (χ3n) is 3.03. The first-order valence-corrected chi connectivity index (χ1v) is 6.76. The fraction of sp³-hybridized carbons (Fsp3) is 0.400. The molecule has 0 aliphatic heterocycles. The first-order valence-electron chi connectivity index (χ1n) is 6.38. The van der Waals surface area contributed by atoms with Gasteiger partial charge in [-0.15, -0.1) is 0 Å². The summed E-state index contributed by atoms with van der Waals surface area (Å²) in [5.41, 5.74) is 3.07. The molecule has 0 atom stereocenters. The Bertz CT molecular complexity index is 566. The number of aromatic nitrogens is 1. The lowest BCUT2D eigenvalue weighted by atomic mass is 10.1. The highest BCUT2D eigenvalue weighted by atomic mass is 35.5. The molecule has 0 aliphatic carbocycles. The number of aryl methyl sites for hydroxylation is 1. The van der Waals surface area contributed by atoms with Gasteiger partial charge in [0.25, 0.3) is 0 Å². The summed E-state index contributed by atoms with van der Waals surface area (Å²) in [6.45, 7) is 6.93. The van der Waals surface area contributed by atoms with Crippen LogP contribution >= 0.6 is 11.6 Å². The zero-order valence-electron chi connectivity index (χ0n) is 11.1. The van der Waals surface area contributed by atoms with Crippen molar-refractivity contribution < 1.29 is 4.74 Å². The van der Waals surface area contributed by atoms with Crippen LogP contribution in [0.15, 0.2) is 18.2 Å². The van der Waals surface area contributed by atoms with Gasteiger partial charge in [-0.3, -0.25) is 4.98 Å². The summed E-state index contributed by atoms with van der Waals surface area (Å²) in [4.78, 5) is 4.64. The van der Waals surface area contributed by atoms with Gasteiger partial charge in [0.2, 0.25) is 0 Å². The average Bonchev–Trinajstić information content (AvgIpc) is 2.40. The maximum atomic E-state index is 6.42. The fourth-order valence-corrected chi connectivity index (χ4v) is 2.26. The molecule has 0 saturated heterocycles. The number of rotatable bonds is 4. The van der Waals surface area contributed by atoms with E-state index >= 15 is 0 Å². The second-order valence-corrected chi connectivity index (χ2v) is 4.76. The normalized spacial score (nSPS) is 10.9. The lowest BCUT2D eigenvalue weighted by Crippen LogP contribution is -1.97. The topological polar surface area (TPSA) is 22.1 Å². The molecular formula is C15H18ClNO. The molecule has 96 valence electrons. The Hall–Kier alpha value is -1.28. The van der Waals surface area contributed by atoms with Crippen molar-refractivity contribution in [2.24, 2.45) is 0 Å². The Balaban J connectivity index is 2.52. The molecule has 0 aliphatic rings. The molecule has 1 aromatic carbocycles. The van der Waals surface area contributed by atoms with E-state index in [0.29, 0.717) is 0 Å². The molecule has 18 heavy (non-hydrogen) atoms. The Morgan fingerprint density at radius 1 is 1.28 bits per heavy atom. The predicted molar refractivity (Wildman–Crippen MR) is 76.7 cm³/mol. The molecule has 1 aromatic heterocycles. The van der Waals surface area contributed by atoms with Crippen molar-refractivity contribution in [2.75, 3.05) is 6.61 Å². The summed E-state index contributed by atoms with van der Waals surface area (Å²) in [5, 5.41) is 1.76. The van der Waals surface area contributed by atoms with Gasteiger partial charge in [0.15, 0.2) is 0 Å². The van der Waals surface area contributed by atoms with E-state index in [2.05, 4.69) is 18.8 Å². The molecule has 0 spiro atoms. The number of fused-ring (bicyclic) bond motifs is 1. The van der Waals surface area contributed by atoms with E-state index in [0.717, 1.165) is 52.4 Å². The molecule has 0 unspecified atom stereocenters. The van der Waals surface area contributed by atoms with Gasteiger partial charge in [-0.25, -0.2) is 0 Å². The van der Waals surface area contributed by atoms with Crippen LogP contribution in [0.25, 0.3) is 10.9 Å². The van der Waals surface area contributed by atoms with Gasteiger partial charge in [-0.05, 0) is 43.5 Å². The van der Waals surface area contributed by atoms with Crippen molar-refractivity contribution in [1.82, 2.24) is 4.98 Å². The first-order chi connectivity index (χ1) is 8.67. The van der Waals surface area contributed by atoms with E-state index in [1.165, 1.54) is 0 Å². The maximum absolute atomic E-state index is 6.42. The lowest BCUT2D eigenvalue weighted by molar-refractivity contribution is 0.318. The molecular weight excluding hydrogens is 246 g/mol. The summed E-state index contributed by atoms with van der Waals surface area (Å²) in [6.07, 6.45) is 1.90. The monoisotopic (exact) mass is 263 g/mol. The highest BCUT2D eigenvalue weighted by molar-refractivity contribution is 6.36. The van der Waals surface area contributed by atoms with Gasteiger partial charge in [-0.2, -0.15) is 0 Å². The number of hydrogen-bond donors (Lipinski definition) is 0. The van der Waals surface area contributed by atoms with E-state index < -0.39 is 0 Å². The van der Waals surface area contributed by atoms with Crippen molar-refractivity contribution in [3.8, 4) is 5.75 Å². The van der Waals surface area contributed by atoms with Crippen molar-refractivity contribution in [2.45, 2.75) is 33.6 Å². The minimum atomic E-state index is 0.725. The molecule has 0 radical (unpaired) electrons. The number of ether oxygens (including phenoxy) is 1. The maximum Gasteiger partial charge on any atom is 0.120 e. The predicted octanol–water partition coefficient (Wildman–Crippen LogP) is 4.55. The van der Waals surface area contributed by atoms with Crippen LogP contribution in [0.4, 0.5) is 0 Å². The van der Waals surface area contributed by atoms with Crippen LogP contribution in [-0.4, -0.2) is 11.6 Å². The fourth-order valence-electron chi connectivity index (χ4n) is 2.00. The van der Waals surface area contributed by atoms with Gasteiger partial charge in [-0.1, -0.05) is 25.4 Å². The van der Waals surface area contributed by atoms with Crippen LogP contribution < -0.4 is 4.74 Å². The van der Waals surface area contributed by atoms with Crippen LogP contribution in [0.3, 0.4) is 0 Å². The largest absolute Gasteiger partial charge is 0.494 e. The zero-order chi connectivity index (χ0) is 13.1. The molecule has 2 aromatic rings. The summed E-state index contributed by atoms with van der Waals surface area (Å²) in [5.74, 6) is 0.858. The number of pyridine rings is 1. The smallest absolute Gasteiger partial charge is 0.120 e. The van der Waals surface area contributed by atoms with Gasteiger partial charge < -0.3 is 4.74 Å². The Kier molecular flexibility index (Phi) is 4.07. The molecule has 3 heteroatoms. The van der Waals surface area contributed by atoms with Crippen LogP contribution in [0, 0.1) is 6.92 Å². The highest BCUT2D eigenvalue weighted by Crippen LogP contribution is 2.30. The third kappa shape index (κ3) is 2.44. The number of benzene rings is 1.